The van der Waals surface area contributed by atoms with Gasteiger partial charge in [0.2, 0.25) is 0 Å². The molecule has 1 unspecified atom stereocenters. The van der Waals surface area contributed by atoms with Crippen LogP contribution in [0.25, 0.3) is 0 Å². The van der Waals surface area contributed by atoms with Crippen LogP contribution in [-0.4, -0.2) is 43.8 Å². The Kier molecular flexibility index (Phi) is 2.75. The van der Waals surface area contributed by atoms with E-state index >= 15 is 0 Å². The highest BCUT2D eigenvalue weighted by molar-refractivity contribution is 7.91. The molecule has 0 aliphatic carbocycles. The van der Waals surface area contributed by atoms with Gasteiger partial charge in [-0.1, -0.05) is 0 Å². The average molecular weight is 243 g/mol. The zero-order valence-electron chi connectivity index (χ0n) is 8.92. The van der Waals surface area contributed by atoms with Gasteiger partial charge < -0.3 is 9.32 Å². The molecule has 1 atom stereocenters. The molecule has 0 bridgehead atoms. The number of rotatable bonds is 2. The van der Waals surface area contributed by atoms with Crippen molar-refractivity contribution >= 4 is 15.7 Å². The van der Waals surface area contributed by atoms with Crippen molar-refractivity contribution in [2.24, 2.45) is 0 Å². The molecule has 0 spiro atoms. The number of sulfone groups is 1. The van der Waals surface area contributed by atoms with Gasteiger partial charge in [0.25, 0.3) is 5.91 Å². The number of amides is 1. The number of hydrogen-bond donors (Lipinski definition) is 0. The van der Waals surface area contributed by atoms with Crippen molar-refractivity contribution in [3.05, 3.63) is 24.2 Å². The SMILES string of the molecule is CS(=O)(=O)C1CCN(C(=O)c2ccco2)C1. The van der Waals surface area contributed by atoms with E-state index in [1.54, 1.807) is 12.1 Å². The molecule has 88 valence electrons. The Labute approximate surface area is 94.0 Å². The first-order valence-corrected chi connectivity index (χ1v) is 6.95. The number of carbonyl (C=O) groups is 1. The second-order valence-electron chi connectivity index (χ2n) is 3.97. The molecule has 2 heterocycles. The summed E-state index contributed by atoms with van der Waals surface area (Å²) in [4.78, 5) is 13.3. The van der Waals surface area contributed by atoms with Gasteiger partial charge in [-0.25, -0.2) is 8.42 Å². The van der Waals surface area contributed by atoms with Crippen LogP contribution in [0.4, 0.5) is 0 Å². The summed E-state index contributed by atoms with van der Waals surface area (Å²) in [6.45, 7) is 0.732. The number of furan rings is 1. The first kappa shape index (κ1) is 11.2. The third-order valence-corrected chi connectivity index (χ3v) is 4.37. The second-order valence-corrected chi connectivity index (χ2v) is 6.29. The maximum Gasteiger partial charge on any atom is 0.289 e. The summed E-state index contributed by atoms with van der Waals surface area (Å²) in [6.07, 6.45) is 3.14. The number of hydrogen-bond acceptors (Lipinski definition) is 4. The first-order chi connectivity index (χ1) is 7.48. The average Bonchev–Trinajstić information content (AvgIpc) is 2.87. The van der Waals surface area contributed by atoms with Crippen LogP contribution in [0.3, 0.4) is 0 Å². The highest BCUT2D eigenvalue weighted by atomic mass is 32.2. The molecule has 0 saturated carbocycles. The molecule has 1 aromatic heterocycles. The van der Waals surface area contributed by atoms with Crippen molar-refractivity contribution < 1.29 is 17.6 Å². The van der Waals surface area contributed by atoms with Crippen LogP contribution in [0.2, 0.25) is 0 Å². The third-order valence-electron chi connectivity index (χ3n) is 2.77. The number of likely N-dealkylation sites (tertiary alicyclic amines) is 1. The van der Waals surface area contributed by atoms with Crippen molar-refractivity contribution in [2.45, 2.75) is 11.7 Å². The Hall–Kier alpha value is -1.30. The van der Waals surface area contributed by atoms with Crippen LogP contribution in [0.5, 0.6) is 0 Å². The van der Waals surface area contributed by atoms with E-state index in [-0.39, 0.29) is 18.2 Å². The van der Waals surface area contributed by atoms with E-state index in [4.69, 9.17) is 4.42 Å². The van der Waals surface area contributed by atoms with Gasteiger partial charge in [-0.3, -0.25) is 4.79 Å². The standard InChI is InChI=1S/C10H13NO4S/c1-16(13,14)8-4-5-11(7-8)10(12)9-3-2-6-15-9/h2-3,6,8H,4-5,7H2,1H3. The second kappa shape index (κ2) is 3.93. The van der Waals surface area contributed by atoms with E-state index < -0.39 is 15.1 Å². The number of carbonyl (C=O) groups excluding carboxylic acids is 1. The Morgan fingerprint density at radius 2 is 2.31 bits per heavy atom. The predicted octanol–water partition coefficient (Wildman–Crippen LogP) is 0.539. The maximum atomic E-state index is 11.8. The minimum Gasteiger partial charge on any atom is -0.459 e. The fourth-order valence-electron chi connectivity index (χ4n) is 1.82. The molecule has 0 aromatic carbocycles. The van der Waals surface area contributed by atoms with Crippen molar-refractivity contribution in [3.8, 4) is 0 Å². The molecule has 16 heavy (non-hydrogen) atoms. The number of nitrogens with zero attached hydrogens (tertiary/aromatic N) is 1. The van der Waals surface area contributed by atoms with Crippen molar-refractivity contribution in [2.75, 3.05) is 19.3 Å². The van der Waals surface area contributed by atoms with Gasteiger partial charge in [0.15, 0.2) is 15.6 Å². The fraction of sp³-hybridized carbons (Fsp3) is 0.500. The fourth-order valence-corrected chi connectivity index (χ4v) is 2.80. The molecule has 1 aliphatic rings. The molecule has 2 rings (SSSR count). The van der Waals surface area contributed by atoms with Gasteiger partial charge >= 0.3 is 0 Å². The van der Waals surface area contributed by atoms with E-state index in [1.807, 2.05) is 0 Å². The topological polar surface area (TPSA) is 67.6 Å². The first-order valence-electron chi connectivity index (χ1n) is 5.00. The summed E-state index contributed by atoms with van der Waals surface area (Å²) in [7, 11) is -3.06. The molecule has 1 fully saturated rings. The Bertz CT molecular complexity index is 477. The zero-order chi connectivity index (χ0) is 11.8. The van der Waals surface area contributed by atoms with E-state index in [0.29, 0.717) is 13.0 Å². The van der Waals surface area contributed by atoms with Gasteiger partial charge in [-0.15, -0.1) is 0 Å². The third kappa shape index (κ3) is 2.11. The highest BCUT2D eigenvalue weighted by Gasteiger charge is 2.33. The predicted molar refractivity (Wildman–Crippen MR) is 57.9 cm³/mol. The normalized spacial score (nSPS) is 21.3. The van der Waals surface area contributed by atoms with Crippen molar-refractivity contribution in [1.82, 2.24) is 4.90 Å². The van der Waals surface area contributed by atoms with Crippen LogP contribution < -0.4 is 0 Å². The minimum atomic E-state index is -3.06. The molecular weight excluding hydrogens is 230 g/mol. The van der Waals surface area contributed by atoms with Gasteiger partial charge in [-0.2, -0.15) is 0 Å². The summed E-state index contributed by atoms with van der Waals surface area (Å²) in [6, 6.07) is 3.22. The molecule has 5 nitrogen and oxygen atoms in total. The Balaban J connectivity index is 2.08. The summed E-state index contributed by atoms with van der Waals surface area (Å²) >= 11 is 0. The van der Waals surface area contributed by atoms with E-state index in [1.165, 1.54) is 17.4 Å². The lowest BCUT2D eigenvalue weighted by molar-refractivity contribution is 0.0761. The van der Waals surface area contributed by atoms with Crippen LogP contribution in [0.15, 0.2) is 22.8 Å². The molecule has 1 saturated heterocycles. The minimum absolute atomic E-state index is 0.240. The van der Waals surface area contributed by atoms with Crippen LogP contribution in [0, 0.1) is 0 Å². The molecule has 0 N–H and O–H groups in total. The maximum absolute atomic E-state index is 11.8. The van der Waals surface area contributed by atoms with Gasteiger partial charge in [0, 0.05) is 19.3 Å². The molecule has 1 amide bonds. The monoisotopic (exact) mass is 243 g/mol. The summed E-state index contributed by atoms with van der Waals surface area (Å²) in [5.41, 5.74) is 0. The molecule has 1 aliphatic heterocycles. The van der Waals surface area contributed by atoms with Crippen LogP contribution >= 0.6 is 0 Å². The van der Waals surface area contributed by atoms with Crippen molar-refractivity contribution in [1.29, 1.82) is 0 Å². The smallest absolute Gasteiger partial charge is 0.289 e. The highest BCUT2D eigenvalue weighted by Crippen LogP contribution is 2.18. The van der Waals surface area contributed by atoms with Gasteiger partial charge in [-0.05, 0) is 18.6 Å². The quantitative estimate of drug-likeness (QED) is 0.760. The molecule has 6 heteroatoms. The molecular formula is C10H13NO4S. The van der Waals surface area contributed by atoms with E-state index in [9.17, 15) is 13.2 Å². The van der Waals surface area contributed by atoms with Gasteiger partial charge in [0.1, 0.15) is 0 Å². The molecule has 0 radical (unpaired) electrons. The summed E-state index contributed by atoms with van der Waals surface area (Å²) < 4.78 is 27.6. The summed E-state index contributed by atoms with van der Waals surface area (Å²) in [5.74, 6) is 0.0188. The largest absolute Gasteiger partial charge is 0.459 e. The Morgan fingerprint density at radius 1 is 1.56 bits per heavy atom. The lowest BCUT2D eigenvalue weighted by Gasteiger charge is -2.14. The summed E-state index contributed by atoms with van der Waals surface area (Å²) in [5, 5.41) is -0.439. The van der Waals surface area contributed by atoms with Crippen LogP contribution in [-0.2, 0) is 9.84 Å². The molecule has 1 aromatic rings. The van der Waals surface area contributed by atoms with Gasteiger partial charge in [0.05, 0.1) is 11.5 Å². The zero-order valence-corrected chi connectivity index (χ0v) is 9.74. The van der Waals surface area contributed by atoms with E-state index in [0.717, 1.165) is 0 Å². The van der Waals surface area contributed by atoms with Crippen LogP contribution in [0.1, 0.15) is 17.0 Å². The lowest BCUT2D eigenvalue weighted by Crippen LogP contribution is -2.31. The lowest BCUT2D eigenvalue weighted by atomic mass is 10.4. The Morgan fingerprint density at radius 3 is 2.81 bits per heavy atom. The van der Waals surface area contributed by atoms with Crippen molar-refractivity contribution in [3.63, 3.8) is 0 Å². The van der Waals surface area contributed by atoms with E-state index in [2.05, 4.69) is 0 Å².